The molecule has 156 valence electrons. The third-order valence-electron chi connectivity index (χ3n) is 5.65. The minimum atomic E-state index is -0.155. The second kappa shape index (κ2) is 9.09. The van der Waals surface area contributed by atoms with Crippen molar-refractivity contribution in [1.82, 2.24) is 9.55 Å². The summed E-state index contributed by atoms with van der Waals surface area (Å²) in [5.74, 6) is 0.599. The lowest BCUT2D eigenvalue weighted by Crippen LogP contribution is -2.28. The van der Waals surface area contributed by atoms with Gasteiger partial charge in [-0.15, -0.1) is 0 Å². The number of aromatic nitrogens is 2. The van der Waals surface area contributed by atoms with Gasteiger partial charge in [-0.25, -0.2) is 4.98 Å². The maximum atomic E-state index is 13.8. The minimum absolute atomic E-state index is 0.00997. The van der Waals surface area contributed by atoms with Gasteiger partial charge in [0.15, 0.2) is 0 Å². The molecule has 0 saturated carbocycles. The Morgan fingerprint density at radius 2 is 1.31 bits per heavy atom. The number of hydrogen-bond donors (Lipinski definition) is 0. The van der Waals surface area contributed by atoms with Gasteiger partial charge < -0.3 is 0 Å². The van der Waals surface area contributed by atoms with Crippen molar-refractivity contribution in [2.24, 2.45) is 0 Å². The highest BCUT2D eigenvalue weighted by Crippen LogP contribution is 2.31. The highest BCUT2D eigenvalue weighted by molar-refractivity contribution is 14.1. The monoisotopic (exact) mass is 528 g/mol. The SMILES string of the molecule is O=c1c2cc(I)ccc2nc(C(c2ccccc2)c2ccccc2)n1Cc1ccccc1. The predicted molar refractivity (Wildman–Crippen MR) is 138 cm³/mol. The molecule has 0 aliphatic carbocycles. The number of nitrogens with zero attached hydrogens (tertiary/aromatic N) is 2. The number of benzene rings is 4. The molecule has 5 rings (SSSR count). The van der Waals surface area contributed by atoms with E-state index in [9.17, 15) is 4.79 Å². The molecular formula is C28H21IN2O. The van der Waals surface area contributed by atoms with Crippen LogP contribution in [-0.2, 0) is 6.54 Å². The molecule has 0 N–H and O–H groups in total. The Morgan fingerprint density at radius 1 is 0.750 bits per heavy atom. The summed E-state index contributed by atoms with van der Waals surface area (Å²) in [6, 6.07) is 36.6. The molecule has 0 radical (unpaired) electrons. The van der Waals surface area contributed by atoms with Crippen LogP contribution >= 0.6 is 22.6 Å². The van der Waals surface area contributed by atoms with Gasteiger partial charge >= 0.3 is 0 Å². The first-order chi connectivity index (χ1) is 15.7. The molecule has 5 aromatic rings. The Labute approximate surface area is 200 Å². The Bertz CT molecular complexity index is 1380. The molecule has 1 heterocycles. The van der Waals surface area contributed by atoms with Crippen molar-refractivity contribution in [3.05, 3.63) is 146 Å². The molecule has 3 nitrogen and oxygen atoms in total. The highest BCUT2D eigenvalue weighted by atomic mass is 127. The largest absolute Gasteiger partial charge is 0.291 e. The summed E-state index contributed by atoms with van der Waals surface area (Å²) in [6.07, 6.45) is 0. The fourth-order valence-corrected chi connectivity index (χ4v) is 4.62. The maximum Gasteiger partial charge on any atom is 0.261 e. The van der Waals surface area contributed by atoms with Crippen molar-refractivity contribution >= 4 is 33.5 Å². The zero-order valence-corrected chi connectivity index (χ0v) is 19.5. The topological polar surface area (TPSA) is 34.9 Å². The van der Waals surface area contributed by atoms with E-state index in [1.807, 2.05) is 77.4 Å². The van der Waals surface area contributed by atoms with E-state index in [1.54, 1.807) is 0 Å². The number of fused-ring (bicyclic) bond motifs is 1. The van der Waals surface area contributed by atoms with Crippen LogP contribution in [0.15, 0.2) is 114 Å². The zero-order chi connectivity index (χ0) is 21.9. The average Bonchev–Trinajstić information content (AvgIpc) is 2.84. The fourth-order valence-electron chi connectivity index (χ4n) is 4.13. The Morgan fingerprint density at radius 3 is 1.91 bits per heavy atom. The number of halogens is 1. The van der Waals surface area contributed by atoms with Crippen molar-refractivity contribution in [3.63, 3.8) is 0 Å². The lowest BCUT2D eigenvalue weighted by molar-refractivity contribution is 0.664. The van der Waals surface area contributed by atoms with Crippen LogP contribution in [0.3, 0.4) is 0 Å². The normalized spacial score (nSPS) is 11.2. The van der Waals surface area contributed by atoms with Crippen molar-refractivity contribution in [2.75, 3.05) is 0 Å². The average molecular weight is 528 g/mol. The fraction of sp³-hybridized carbons (Fsp3) is 0.0714. The second-order valence-electron chi connectivity index (χ2n) is 7.76. The van der Waals surface area contributed by atoms with E-state index >= 15 is 0 Å². The third kappa shape index (κ3) is 4.10. The Kier molecular flexibility index (Phi) is 5.86. The molecule has 0 aliphatic heterocycles. The van der Waals surface area contributed by atoms with Crippen LogP contribution in [0.5, 0.6) is 0 Å². The van der Waals surface area contributed by atoms with E-state index in [-0.39, 0.29) is 11.5 Å². The number of rotatable bonds is 5. The first-order valence-electron chi connectivity index (χ1n) is 10.5. The van der Waals surface area contributed by atoms with E-state index in [2.05, 4.69) is 59.0 Å². The molecule has 0 fully saturated rings. The van der Waals surface area contributed by atoms with Crippen LogP contribution < -0.4 is 5.56 Å². The van der Waals surface area contributed by atoms with E-state index in [4.69, 9.17) is 4.98 Å². The second-order valence-corrected chi connectivity index (χ2v) is 9.01. The molecule has 0 bridgehead atoms. The Balaban J connectivity index is 1.81. The van der Waals surface area contributed by atoms with Crippen LogP contribution in [0.1, 0.15) is 28.4 Å². The maximum absolute atomic E-state index is 13.8. The molecule has 0 atom stereocenters. The summed E-state index contributed by atoms with van der Waals surface area (Å²) in [4.78, 5) is 18.9. The van der Waals surface area contributed by atoms with Crippen molar-refractivity contribution in [2.45, 2.75) is 12.5 Å². The third-order valence-corrected chi connectivity index (χ3v) is 6.32. The standard InChI is InChI=1S/C28H21IN2O/c29-23-16-17-25-24(18-23)28(32)31(19-20-10-4-1-5-11-20)27(30-25)26(21-12-6-2-7-13-21)22-14-8-3-9-15-22/h1-18,26H,19H2. The van der Waals surface area contributed by atoms with Gasteiger partial charge in [0, 0.05) is 3.57 Å². The van der Waals surface area contributed by atoms with Crippen LogP contribution in [0.4, 0.5) is 0 Å². The summed E-state index contributed by atoms with van der Waals surface area (Å²) in [5, 5.41) is 0.649. The molecule has 0 unspecified atom stereocenters. The summed E-state index contributed by atoms with van der Waals surface area (Å²) < 4.78 is 2.87. The molecule has 0 amide bonds. The molecule has 1 aromatic heterocycles. The zero-order valence-electron chi connectivity index (χ0n) is 17.4. The molecular weight excluding hydrogens is 507 g/mol. The molecule has 4 heteroatoms. The van der Waals surface area contributed by atoms with Crippen molar-refractivity contribution in [3.8, 4) is 0 Å². The first-order valence-corrected chi connectivity index (χ1v) is 11.6. The smallest absolute Gasteiger partial charge is 0.261 e. The Hall–Kier alpha value is -3.25. The number of hydrogen-bond acceptors (Lipinski definition) is 2. The first kappa shape index (κ1) is 20.6. The van der Waals surface area contributed by atoms with E-state index in [0.717, 1.165) is 31.6 Å². The van der Waals surface area contributed by atoms with Gasteiger partial charge in [-0.1, -0.05) is 91.0 Å². The molecule has 32 heavy (non-hydrogen) atoms. The van der Waals surface area contributed by atoms with Crippen LogP contribution in [0.2, 0.25) is 0 Å². The van der Waals surface area contributed by atoms with Gasteiger partial charge in [0.25, 0.3) is 5.56 Å². The molecule has 0 saturated heterocycles. The summed E-state index contributed by atoms with van der Waals surface area (Å²) >= 11 is 2.24. The lowest BCUT2D eigenvalue weighted by atomic mass is 9.90. The summed E-state index contributed by atoms with van der Waals surface area (Å²) in [5.41, 5.74) is 4.01. The van der Waals surface area contributed by atoms with Crippen LogP contribution in [0.25, 0.3) is 10.9 Å². The molecule has 0 aliphatic rings. The van der Waals surface area contributed by atoms with Crippen LogP contribution in [0, 0.1) is 3.57 Å². The summed E-state index contributed by atoms with van der Waals surface area (Å²) in [6.45, 7) is 0.472. The van der Waals surface area contributed by atoms with Gasteiger partial charge in [-0.2, -0.15) is 0 Å². The van der Waals surface area contributed by atoms with Gasteiger partial charge in [-0.05, 0) is 57.5 Å². The van der Waals surface area contributed by atoms with Gasteiger partial charge in [0.05, 0.1) is 23.4 Å². The van der Waals surface area contributed by atoms with E-state index in [1.165, 1.54) is 0 Å². The predicted octanol–water partition coefficient (Wildman–Crippen LogP) is 6.23. The van der Waals surface area contributed by atoms with Gasteiger partial charge in [0.1, 0.15) is 5.82 Å². The van der Waals surface area contributed by atoms with Crippen molar-refractivity contribution < 1.29 is 0 Å². The highest BCUT2D eigenvalue weighted by Gasteiger charge is 2.24. The van der Waals surface area contributed by atoms with Gasteiger partial charge in [-0.3, -0.25) is 9.36 Å². The van der Waals surface area contributed by atoms with Crippen molar-refractivity contribution in [1.29, 1.82) is 0 Å². The van der Waals surface area contributed by atoms with E-state index < -0.39 is 0 Å². The minimum Gasteiger partial charge on any atom is -0.291 e. The lowest BCUT2D eigenvalue weighted by Gasteiger charge is -2.23. The quantitative estimate of drug-likeness (QED) is 0.254. The molecule has 0 spiro atoms. The summed E-state index contributed by atoms with van der Waals surface area (Å²) in [7, 11) is 0. The molecule has 4 aromatic carbocycles. The van der Waals surface area contributed by atoms with Crippen LogP contribution in [-0.4, -0.2) is 9.55 Å². The van der Waals surface area contributed by atoms with E-state index in [0.29, 0.717) is 11.9 Å². The van der Waals surface area contributed by atoms with Gasteiger partial charge in [0.2, 0.25) is 0 Å².